The van der Waals surface area contributed by atoms with E-state index in [4.69, 9.17) is 10.8 Å². The number of rotatable bonds is 5. The fraction of sp³-hybridized carbons (Fsp3) is 0.545. The highest BCUT2D eigenvalue weighted by Crippen LogP contribution is 2.21. The van der Waals surface area contributed by atoms with Crippen LogP contribution in [0.1, 0.15) is 25.5 Å². The molecule has 15 heavy (non-hydrogen) atoms. The summed E-state index contributed by atoms with van der Waals surface area (Å²) in [5, 5.41) is 8.96. The molecule has 0 radical (unpaired) electrons. The van der Waals surface area contributed by atoms with E-state index in [1.807, 2.05) is 30.9 Å². The monoisotopic (exact) mass is 209 g/mol. The average Bonchev–Trinajstić information content (AvgIpc) is 2.26. The minimum Gasteiger partial charge on any atom is -0.395 e. The van der Waals surface area contributed by atoms with Gasteiger partial charge >= 0.3 is 0 Å². The maximum atomic E-state index is 8.96. The number of aromatic nitrogens is 1. The zero-order valence-corrected chi connectivity index (χ0v) is 9.35. The number of hydrogen-bond donors (Lipinski definition) is 2. The maximum Gasteiger partial charge on any atom is 0.133 e. The normalized spacial score (nSPS) is 12.5. The van der Waals surface area contributed by atoms with E-state index in [2.05, 4.69) is 4.98 Å². The summed E-state index contributed by atoms with van der Waals surface area (Å²) in [6.07, 6.45) is 1.75. The van der Waals surface area contributed by atoms with Gasteiger partial charge in [-0.1, -0.05) is 6.07 Å². The van der Waals surface area contributed by atoms with E-state index in [0.717, 1.165) is 17.9 Å². The molecule has 3 N–H and O–H groups in total. The summed E-state index contributed by atoms with van der Waals surface area (Å²) in [5.74, 6) is 0.879. The number of nitrogens with zero attached hydrogens (tertiary/aromatic N) is 2. The Morgan fingerprint density at radius 3 is 2.87 bits per heavy atom. The third-order valence-electron chi connectivity index (χ3n) is 2.36. The molecule has 1 rings (SSSR count). The first-order chi connectivity index (χ1) is 7.20. The number of aliphatic hydroxyl groups is 1. The van der Waals surface area contributed by atoms with Crippen LogP contribution in [0.4, 0.5) is 5.82 Å². The Hall–Kier alpha value is -1.13. The van der Waals surface area contributed by atoms with Crippen LogP contribution >= 0.6 is 0 Å². The molecule has 0 unspecified atom stereocenters. The van der Waals surface area contributed by atoms with E-state index in [1.165, 1.54) is 0 Å². The molecular weight excluding hydrogens is 190 g/mol. The van der Waals surface area contributed by atoms with Gasteiger partial charge < -0.3 is 15.7 Å². The predicted octanol–water partition coefficient (Wildman–Crippen LogP) is 0.920. The molecule has 0 aliphatic heterocycles. The highest BCUT2D eigenvalue weighted by molar-refractivity contribution is 5.48. The molecule has 1 atom stereocenters. The summed E-state index contributed by atoms with van der Waals surface area (Å²) in [5.41, 5.74) is 6.90. The standard InChI is InChI=1S/C11H19N3O/c1-3-14(7-8-15)11-10(9(2)12)5-4-6-13-11/h4-6,9,15H,3,7-8,12H2,1-2H3/t9-/m1/s1. The third kappa shape index (κ3) is 2.91. The second kappa shape index (κ2) is 5.68. The van der Waals surface area contributed by atoms with Gasteiger partial charge in [-0.3, -0.25) is 0 Å². The Labute approximate surface area is 90.7 Å². The van der Waals surface area contributed by atoms with Gasteiger partial charge in [0.2, 0.25) is 0 Å². The molecule has 0 bridgehead atoms. The van der Waals surface area contributed by atoms with Crippen LogP contribution in [0.25, 0.3) is 0 Å². The molecule has 0 aliphatic rings. The minimum absolute atomic E-state index is 0.0403. The smallest absolute Gasteiger partial charge is 0.133 e. The Morgan fingerprint density at radius 2 is 2.33 bits per heavy atom. The Balaban J connectivity index is 2.99. The summed E-state index contributed by atoms with van der Waals surface area (Å²) in [6.45, 7) is 5.51. The van der Waals surface area contributed by atoms with Crippen molar-refractivity contribution in [2.24, 2.45) is 5.73 Å². The molecule has 0 fully saturated rings. The lowest BCUT2D eigenvalue weighted by molar-refractivity contribution is 0.302. The van der Waals surface area contributed by atoms with Crippen LogP contribution in [0.2, 0.25) is 0 Å². The van der Waals surface area contributed by atoms with E-state index >= 15 is 0 Å². The molecule has 0 aromatic carbocycles. The largest absolute Gasteiger partial charge is 0.395 e. The molecule has 0 amide bonds. The van der Waals surface area contributed by atoms with Crippen molar-refractivity contribution in [3.05, 3.63) is 23.9 Å². The van der Waals surface area contributed by atoms with E-state index in [0.29, 0.717) is 6.54 Å². The van der Waals surface area contributed by atoms with Gasteiger partial charge in [0.05, 0.1) is 6.61 Å². The third-order valence-corrected chi connectivity index (χ3v) is 2.36. The summed E-state index contributed by atoms with van der Waals surface area (Å²) in [4.78, 5) is 6.35. The van der Waals surface area contributed by atoms with Gasteiger partial charge in [-0.05, 0) is 19.9 Å². The van der Waals surface area contributed by atoms with E-state index in [1.54, 1.807) is 6.20 Å². The molecule has 1 heterocycles. The second-order valence-electron chi connectivity index (χ2n) is 3.51. The summed E-state index contributed by atoms with van der Waals surface area (Å²) < 4.78 is 0. The number of aliphatic hydroxyl groups excluding tert-OH is 1. The van der Waals surface area contributed by atoms with Gasteiger partial charge in [0.15, 0.2) is 0 Å². The van der Waals surface area contributed by atoms with Gasteiger partial charge in [-0.15, -0.1) is 0 Å². The van der Waals surface area contributed by atoms with Crippen molar-refractivity contribution in [2.75, 3.05) is 24.6 Å². The molecular formula is C11H19N3O. The number of nitrogens with two attached hydrogens (primary N) is 1. The van der Waals surface area contributed by atoms with Crippen LogP contribution in [0.5, 0.6) is 0 Å². The Morgan fingerprint density at radius 1 is 1.60 bits per heavy atom. The quantitative estimate of drug-likeness (QED) is 0.757. The van der Waals surface area contributed by atoms with Gasteiger partial charge in [0, 0.05) is 30.9 Å². The molecule has 0 aliphatic carbocycles. The highest BCUT2D eigenvalue weighted by atomic mass is 16.3. The average molecular weight is 209 g/mol. The molecule has 0 spiro atoms. The summed E-state index contributed by atoms with van der Waals surface area (Å²) >= 11 is 0. The van der Waals surface area contributed by atoms with Crippen LogP contribution in [-0.4, -0.2) is 29.8 Å². The van der Waals surface area contributed by atoms with Crippen molar-refractivity contribution >= 4 is 5.82 Å². The van der Waals surface area contributed by atoms with Crippen molar-refractivity contribution in [3.63, 3.8) is 0 Å². The predicted molar refractivity (Wildman–Crippen MR) is 61.8 cm³/mol. The molecule has 4 nitrogen and oxygen atoms in total. The van der Waals surface area contributed by atoms with E-state index < -0.39 is 0 Å². The molecule has 4 heteroatoms. The summed E-state index contributed by atoms with van der Waals surface area (Å²) in [6, 6.07) is 3.82. The lowest BCUT2D eigenvalue weighted by Gasteiger charge is -2.24. The minimum atomic E-state index is -0.0403. The lowest BCUT2D eigenvalue weighted by atomic mass is 10.1. The van der Waals surface area contributed by atoms with Gasteiger partial charge in [0.25, 0.3) is 0 Å². The van der Waals surface area contributed by atoms with Crippen molar-refractivity contribution in [2.45, 2.75) is 19.9 Å². The van der Waals surface area contributed by atoms with Crippen molar-refractivity contribution < 1.29 is 5.11 Å². The van der Waals surface area contributed by atoms with E-state index in [9.17, 15) is 0 Å². The fourth-order valence-electron chi connectivity index (χ4n) is 1.56. The topological polar surface area (TPSA) is 62.4 Å². The van der Waals surface area contributed by atoms with Crippen LogP contribution in [0, 0.1) is 0 Å². The SMILES string of the molecule is CCN(CCO)c1ncccc1[C@@H](C)N. The van der Waals surface area contributed by atoms with E-state index in [-0.39, 0.29) is 12.6 Å². The molecule has 84 valence electrons. The summed E-state index contributed by atoms with van der Waals surface area (Å²) in [7, 11) is 0. The van der Waals surface area contributed by atoms with Gasteiger partial charge in [-0.2, -0.15) is 0 Å². The highest BCUT2D eigenvalue weighted by Gasteiger charge is 2.12. The first-order valence-corrected chi connectivity index (χ1v) is 5.27. The van der Waals surface area contributed by atoms with Gasteiger partial charge in [-0.25, -0.2) is 4.98 Å². The van der Waals surface area contributed by atoms with Crippen molar-refractivity contribution in [3.8, 4) is 0 Å². The van der Waals surface area contributed by atoms with Crippen LogP contribution in [-0.2, 0) is 0 Å². The number of likely N-dealkylation sites (N-methyl/N-ethyl adjacent to an activating group) is 1. The maximum absolute atomic E-state index is 8.96. The molecule has 0 saturated heterocycles. The number of hydrogen-bond acceptors (Lipinski definition) is 4. The van der Waals surface area contributed by atoms with Gasteiger partial charge in [0.1, 0.15) is 5.82 Å². The number of pyridine rings is 1. The Bertz CT molecular complexity index is 302. The second-order valence-corrected chi connectivity index (χ2v) is 3.51. The van der Waals surface area contributed by atoms with Crippen molar-refractivity contribution in [1.82, 2.24) is 4.98 Å². The zero-order valence-electron chi connectivity index (χ0n) is 9.35. The van der Waals surface area contributed by atoms with Crippen molar-refractivity contribution in [1.29, 1.82) is 0 Å². The number of anilines is 1. The molecule has 1 aromatic rings. The molecule has 1 aromatic heterocycles. The van der Waals surface area contributed by atoms with Crippen LogP contribution in [0.15, 0.2) is 18.3 Å². The van der Waals surface area contributed by atoms with Crippen LogP contribution < -0.4 is 10.6 Å². The fourth-order valence-corrected chi connectivity index (χ4v) is 1.56. The first kappa shape index (κ1) is 11.9. The van der Waals surface area contributed by atoms with Crippen LogP contribution in [0.3, 0.4) is 0 Å². The lowest BCUT2D eigenvalue weighted by Crippen LogP contribution is -2.29. The Kier molecular flexibility index (Phi) is 4.52. The zero-order chi connectivity index (χ0) is 11.3. The molecule has 0 saturated carbocycles. The first-order valence-electron chi connectivity index (χ1n) is 5.27.